The van der Waals surface area contributed by atoms with Crippen LogP contribution in [0.25, 0.3) is 11.3 Å². The van der Waals surface area contributed by atoms with Gasteiger partial charge in [-0.1, -0.05) is 30.3 Å². The van der Waals surface area contributed by atoms with Crippen LogP contribution in [0.15, 0.2) is 40.6 Å². The van der Waals surface area contributed by atoms with Crippen molar-refractivity contribution in [3.63, 3.8) is 0 Å². The van der Waals surface area contributed by atoms with Gasteiger partial charge < -0.3 is 0 Å². The Labute approximate surface area is 145 Å². The number of hydrogen-bond donors (Lipinski definition) is 1. The Morgan fingerprint density at radius 2 is 1.92 bits per heavy atom. The second-order valence-corrected chi connectivity index (χ2v) is 7.64. The average molecular weight is 362 g/mol. The van der Waals surface area contributed by atoms with Gasteiger partial charge in [0.05, 0.1) is 17.1 Å². The number of rotatable bonds is 5. The molecule has 3 rings (SSSR count). The third-order valence-electron chi connectivity index (χ3n) is 3.79. The van der Waals surface area contributed by atoms with E-state index in [4.69, 9.17) is 0 Å². The van der Waals surface area contributed by atoms with Gasteiger partial charge in [-0.05, 0) is 32.3 Å². The van der Waals surface area contributed by atoms with Gasteiger partial charge in [-0.3, -0.25) is 9.40 Å². The average Bonchev–Trinajstić information content (AvgIpc) is 3.16. The van der Waals surface area contributed by atoms with Crippen LogP contribution in [0.4, 0.5) is 5.69 Å². The Morgan fingerprint density at radius 1 is 1.21 bits per heavy atom. The highest BCUT2D eigenvalue weighted by atomic mass is 32.2. The first-order valence-electron chi connectivity index (χ1n) is 7.50. The second kappa shape index (κ2) is 6.37. The Balaban J connectivity index is 2.02. The van der Waals surface area contributed by atoms with Crippen molar-refractivity contribution in [3.05, 3.63) is 47.1 Å². The third kappa shape index (κ3) is 2.94. The van der Waals surface area contributed by atoms with Crippen molar-refractivity contribution in [1.29, 1.82) is 0 Å². The van der Waals surface area contributed by atoms with E-state index in [2.05, 4.69) is 14.2 Å². The van der Waals surface area contributed by atoms with E-state index in [-0.39, 0.29) is 4.90 Å². The number of sulfonamides is 1. The van der Waals surface area contributed by atoms with Crippen molar-refractivity contribution in [3.8, 4) is 11.3 Å². The van der Waals surface area contributed by atoms with E-state index in [1.54, 1.807) is 17.0 Å². The zero-order valence-electron chi connectivity index (χ0n) is 13.6. The highest BCUT2D eigenvalue weighted by molar-refractivity contribution is 7.93. The van der Waals surface area contributed by atoms with Gasteiger partial charge in [0.1, 0.15) is 10.6 Å². The van der Waals surface area contributed by atoms with Crippen LogP contribution in [0, 0.1) is 13.8 Å². The molecule has 0 radical (unpaired) electrons. The number of hydrogen-bond acceptors (Lipinski definition) is 5. The Kier molecular flexibility index (Phi) is 4.42. The summed E-state index contributed by atoms with van der Waals surface area (Å²) in [5.74, 6) is 0. The largest absolute Gasteiger partial charge is 0.276 e. The number of aryl methyl sites for hydroxylation is 2. The van der Waals surface area contributed by atoms with Crippen molar-refractivity contribution in [2.24, 2.45) is 0 Å². The number of anilines is 1. The predicted octanol–water partition coefficient (Wildman–Crippen LogP) is 3.44. The summed E-state index contributed by atoms with van der Waals surface area (Å²) in [6.45, 7) is 6.30. The van der Waals surface area contributed by atoms with E-state index in [1.165, 1.54) is 0 Å². The number of nitrogens with one attached hydrogen (secondary N) is 1. The standard InChI is InChI=1S/C16H18N4O2S2/c1-4-20-12(3)15(11(2)17-20)19-24(21,22)14-10-23-18-16(14)13-8-6-5-7-9-13/h5-10,19H,4H2,1-3H3. The highest BCUT2D eigenvalue weighted by Gasteiger charge is 2.24. The molecule has 1 aromatic carbocycles. The van der Waals surface area contributed by atoms with E-state index >= 15 is 0 Å². The third-order valence-corrected chi connectivity index (χ3v) is 5.93. The van der Waals surface area contributed by atoms with Gasteiger partial charge in [-0.25, -0.2) is 8.42 Å². The molecule has 0 spiro atoms. The summed E-state index contributed by atoms with van der Waals surface area (Å²) in [4.78, 5) is 0.182. The van der Waals surface area contributed by atoms with Crippen LogP contribution < -0.4 is 4.72 Å². The topological polar surface area (TPSA) is 76.9 Å². The maximum Gasteiger partial charge on any atom is 0.265 e. The number of nitrogens with zero attached hydrogens (tertiary/aromatic N) is 3. The normalized spacial score (nSPS) is 11.6. The van der Waals surface area contributed by atoms with Crippen molar-refractivity contribution in [1.82, 2.24) is 14.2 Å². The minimum absolute atomic E-state index is 0.182. The summed E-state index contributed by atoms with van der Waals surface area (Å²) in [6, 6.07) is 9.30. The van der Waals surface area contributed by atoms with Gasteiger partial charge in [-0.15, -0.1) is 0 Å². The molecule has 0 unspecified atom stereocenters. The Bertz CT molecular complexity index is 959. The maximum absolute atomic E-state index is 12.9. The lowest BCUT2D eigenvalue weighted by Crippen LogP contribution is -2.14. The van der Waals surface area contributed by atoms with E-state index < -0.39 is 10.0 Å². The molecule has 0 saturated carbocycles. The van der Waals surface area contributed by atoms with Crippen molar-refractivity contribution in [2.75, 3.05) is 4.72 Å². The van der Waals surface area contributed by atoms with Gasteiger partial charge >= 0.3 is 0 Å². The van der Waals surface area contributed by atoms with Crippen LogP contribution in [0.3, 0.4) is 0 Å². The monoisotopic (exact) mass is 362 g/mol. The van der Waals surface area contributed by atoms with Gasteiger partial charge in [0.15, 0.2) is 0 Å². The van der Waals surface area contributed by atoms with Gasteiger partial charge in [0, 0.05) is 17.5 Å². The van der Waals surface area contributed by atoms with Crippen LogP contribution in [0.5, 0.6) is 0 Å². The smallest absolute Gasteiger partial charge is 0.265 e. The summed E-state index contributed by atoms with van der Waals surface area (Å²) >= 11 is 1.13. The minimum atomic E-state index is -3.74. The first kappa shape index (κ1) is 16.7. The van der Waals surface area contributed by atoms with E-state index in [1.807, 2.05) is 44.2 Å². The lowest BCUT2D eigenvalue weighted by atomic mass is 10.2. The number of benzene rings is 1. The van der Waals surface area contributed by atoms with Crippen LogP contribution in [-0.2, 0) is 16.6 Å². The molecule has 0 saturated heterocycles. The van der Waals surface area contributed by atoms with Gasteiger partial charge in [0.2, 0.25) is 0 Å². The zero-order valence-corrected chi connectivity index (χ0v) is 15.3. The molecule has 0 atom stereocenters. The summed E-state index contributed by atoms with van der Waals surface area (Å²) in [5, 5.41) is 5.91. The van der Waals surface area contributed by atoms with Crippen molar-refractivity contribution in [2.45, 2.75) is 32.2 Å². The van der Waals surface area contributed by atoms with Crippen molar-refractivity contribution >= 4 is 27.2 Å². The fraction of sp³-hybridized carbons (Fsp3) is 0.250. The Morgan fingerprint density at radius 3 is 2.54 bits per heavy atom. The van der Waals surface area contributed by atoms with Gasteiger partial charge in [-0.2, -0.15) is 9.47 Å². The quantitative estimate of drug-likeness (QED) is 0.754. The predicted molar refractivity (Wildman–Crippen MR) is 95.7 cm³/mol. The van der Waals surface area contributed by atoms with E-state index in [0.717, 1.165) is 22.8 Å². The molecule has 0 aliphatic heterocycles. The second-order valence-electron chi connectivity index (χ2n) is 5.36. The Hall–Kier alpha value is -2.19. The maximum atomic E-state index is 12.9. The van der Waals surface area contributed by atoms with E-state index in [9.17, 15) is 8.42 Å². The van der Waals surface area contributed by atoms with Crippen LogP contribution in [0.1, 0.15) is 18.3 Å². The molecule has 0 amide bonds. The fourth-order valence-corrected chi connectivity index (χ4v) is 4.91. The summed E-state index contributed by atoms with van der Waals surface area (Å²) in [6.07, 6.45) is 0. The molecule has 0 bridgehead atoms. The summed E-state index contributed by atoms with van der Waals surface area (Å²) in [7, 11) is -3.74. The van der Waals surface area contributed by atoms with Crippen LogP contribution in [-0.4, -0.2) is 22.6 Å². The molecular formula is C16H18N4O2S2. The lowest BCUT2D eigenvalue weighted by molar-refractivity contribution is 0.601. The van der Waals surface area contributed by atoms with Gasteiger partial charge in [0.25, 0.3) is 10.0 Å². The molecule has 0 aliphatic rings. The summed E-state index contributed by atoms with van der Waals surface area (Å²) in [5.41, 5.74) is 3.22. The first-order chi connectivity index (χ1) is 11.4. The molecule has 126 valence electrons. The molecule has 2 aromatic heterocycles. The first-order valence-corrected chi connectivity index (χ1v) is 9.82. The molecule has 0 fully saturated rings. The highest BCUT2D eigenvalue weighted by Crippen LogP contribution is 2.30. The molecule has 3 aromatic rings. The van der Waals surface area contributed by atoms with Crippen LogP contribution >= 0.6 is 11.5 Å². The van der Waals surface area contributed by atoms with E-state index in [0.29, 0.717) is 23.6 Å². The SMILES string of the molecule is CCn1nc(C)c(NS(=O)(=O)c2csnc2-c2ccccc2)c1C. The molecule has 8 heteroatoms. The minimum Gasteiger partial charge on any atom is -0.276 e. The molecule has 24 heavy (non-hydrogen) atoms. The number of aromatic nitrogens is 3. The fourth-order valence-electron chi connectivity index (χ4n) is 2.55. The molecule has 0 aliphatic carbocycles. The van der Waals surface area contributed by atoms with Crippen LogP contribution in [0.2, 0.25) is 0 Å². The lowest BCUT2D eigenvalue weighted by Gasteiger charge is -2.09. The zero-order chi connectivity index (χ0) is 17.3. The molecule has 1 N–H and O–H groups in total. The molecule has 6 nitrogen and oxygen atoms in total. The summed E-state index contributed by atoms with van der Waals surface area (Å²) < 4.78 is 34.5. The molecular weight excluding hydrogens is 344 g/mol. The molecule has 2 heterocycles. The van der Waals surface area contributed by atoms with Crippen molar-refractivity contribution < 1.29 is 8.42 Å².